The summed E-state index contributed by atoms with van der Waals surface area (Å²) in [6, 6.07) is 6.37. The van der Waals surface area contributed by atoms with Crippen LogP contribution in [0.1, 0.15) is 18.4 Å². The predicted molar refractivity (Wildman–Crippen MR) is 78.2 cm³/mol. The largest absolute Gasteiger partial charge is 0.303 e. The van der Waals surface area contributed by atoms with E-state index >= 15 is 0 Å². The molecule has 1 aromatic rings. The third-order valence-electron chi connectivity index (χ3n) is 4.70. The van der Waals surface area contributed by atoms with E-state index in [9.17, 15) is 4.39 Å². The summed E-state index contributed by atoms with van der Waals surface area (Å²) < 4.78 is 14.8. The molecule has 21 heavy (non-hydrogen) atoms. The Hall–Kier alpha value is -1.88. The lowest BCUT2D eigenvalue weighted by Gasteiger charge is -2.42. The molecule has 0 spiro atoms. The minimum Gasteiger partial charge on any atom is -0.303 e. The Morgan fingerprint density at radius 2 is 1.95 bits per heavy atom. The zero-order valence-corrected chi connectivity index (χ0v) is 11.8. The summed E-state index contributed by atoms with van der Waals surface area (Å²) in [7, 11) is 0. The molecule has 0 N–H and O–H groups in total. The number of halogens is 1. The van der Waals surface area contributed by atoms with Crippen molar-refractivity contribution in [3.8, 4) is 0 Å². The summed E-state index contributed by atoms with van der Waals surface area (Å²) in [5, 5.41) is 8.38. The quantitative estimate of drug-likeness (QED) is 0.769. The number of hydrogen-bond donors (Lipinski definition) is 0. The van der Waals surface area contributed by atoms with Gasteiger partial charge in [0.25, 0.3) is 5.70 Å². The average Bonchev–Trinajstić information content (AvgIpc) is 2.98. The van der Waals surface area contributed by atoms with Gasteiger partial charge in [0.1, 0.15) is 17.3 Å². The predicted octanol–water partition coefficient (Wildman–Crippen LogP) is 2.93. The molecular weight excluding hydrogens is 267 g/mol. The van der Waals surface area contributed by atoms with E-state index in [4.69, 9.17) is 0 Å². The second-order valence-electron chi connectivity index (χ2n) is 6.04. The Balaban J connectivity index is 1.54. The van der Waals surface area contributed by atoms with E-state index in [1.807, 2.05) is 10.9 Å². The van der Waals surface area contributed by atoms with Crippen molar-refractivity contribution in [2.24, 2.45) is 22.2 Å². The van der Waals surface area contributed by atoms with Crippen LogP contribution in [0.5, 0.6) is 0 Å². The van der Waals surface area contributed by atoms with E-state index in [1.165, 1.54) is 38.1 Å². The van der Waals surface area contributed by atoms with Crippen LogP contribution >= 0.6 is 0 Å². The molecule has 108 valence electrons. The van der Waals surface area contributed by atoms with E-state index in [1.54, 1.807) is 12.1 Å². The maximum atomic E-state index is 13.0. The highest BCUT2D eigenvalue weighted by molar-refractivity contribution is 5.65. The van der Waals surface area contributed by atoms with Gasteiger partial charge in [-0.3, -0.25) is 0 Å². The third kappa shape index (κ3) is 2.53. The molecule has 1 atom stereocenters. The summed E-state index contributed by atoms with van der Waals surface area (Å²) in [5.41, 5.74) is 1.68. The van der Waals surface area contributed by atoms with Gasteiger partial charge in [0, 0.05) is 18.0 Å². The molecule has 2 bridgehead atoms. The van der Waals surface area contributed by atoms with E-state index in [2.05, 4.69) is 21.5 Å². The van der Waals surface area contributed by atoms with Gasteiger partial charge in [-0.25, -0.2) is 4.39 Å². The highest BCUT2D eigenvalue weighted by Gasteiger charge is 2.34. The highest BCUT2D eigenvalue weighted by atomic mass is 19.1. The molecule has 3 saturated heterocycles. The van der Waals surface area contributed by atoms with Crippen LogP contribution in [0.2, 0.25) is 0 Å². The van der Waals surface area contributed by atoms with Gasteiger partial charge in [-0.1, -0.05) is 0 Å². The Kier molecular flexibility index (Phi) is 3.15. The van der Waals surface area contributed by atoms with Gasteiger partial charge in [0.2, 0.25) is 0 Å². The Morgan fingerprint density at radius 3 is 2.62 bits per heavy atom. The van der Waals surface area contributed by atoms with E-state index in [-0.39, 0.29) is 5.82 Å². The third-order valence-corrected chi connectivity index (χ3v) is 4.70. The lowest BCUT2D eigenvalue weighted by atomic mass is 9.80. The smallest absolute Gasteiger partial charge is 0.251 e. The SMILES string of the molecule is Fc1ccc(C2=C[N+](=CC3CN4CCC3CC4)N=N2)cc1. The Morgan fingerprint density at radius 1 is 1.19 bits per heavy atom. The van der Waals surface area contributed by atoms with Crippen molar-refractivity contribution in [1.82, 2.24) is 4.90 Å². The standard InChI is InChI=1S/C16H18FN4/c17-15-3-1-13(2-4-15)16-11-21(19-18-16)10-14-9-20-7-5-12(14)6-8-20/h1-4,10-12,14H,5-9H2/q+1. The molecular formula is C16H18FN4+. The summed E-state index contributed by atoms with van der Waals surface area (Å²) in [4.78, 5) is 2.53. The number of fused-ring (bicyclic) bond motifs is 3. The number of piperidine rings is 3. The number of nitrogens with zero attached hydrogens (tertiary/aromatic N) is 4. The maximum Gasteiger partial charge on any atom is 0.251 e. The molecule has 1 unspecified atom stereocenters. The molecule has 0 aliphatic carbocycles. The lowest BCUT2D eigenvalue weighted by molar-refractivity contribution is -0.461. The summed E-state index contributed by atoms with van der Waals surface area (Å²) >= 11 is 0. The van der Waals surface area contributed by atoms with Crippen LogP contribution in [0.3, 0.4) is 0 Å². The molecule has 5 rings (SSSR count). The van der Waals surface area contributed by atoms with E-state index in [0.29, 0.717) is 5.92 Å². The summed E-state index contributed by atoms with van der Waals surface area (Å²) in [6.07, 6.45) is 6.70. The molecule has 0 aromatic heterocycles. The second kappa shape index (κ2) is 5.15. The minimum absolute atomic E-state index is 0.231. The highest BCUT2D eigenvalue weighted by Crippen LogP contribution is 2.31. The topological polar surface area (TPSA) is 31.0 Å². The zero-order chi connectivity index (χ0) is 14.2. The first kappa shape index (κ1) is 12.8. The van der Waals surface area contributed by atoms with Crippen molar-refractivity contribution >= 4 is 11.9 Å². The fourth-order valence-corrected chi connectivity index (χ4v) is 3.48. The Bertz CT molecular complexity index is 624. The van der Waals surface area contributed by atoms with Crippen LogP contribution < -0.4 is 0 Å². The van der Waals surface area contributed by atoms with Crippen LogP contribution in [0.25, 0.3) is 5.70 Å². The zero-order valence-electron chi connectivity index (χ0n) is 11.8. The fourth-order valence-electron chi connectivity index (χ4n) is 3.48. The number of hydrogen-bond acceptors (Lipinski definition) is 3. The molecule has 5 heteroatoms. The van der Waals surface area contributed by atoms with E-state index in [0.717, 1.165) is 23.7 Å². The fraction of sp³-hybridized carbons (Fsp3) is 0.438. The molecule has 4 heterocycles. The van der Waals surface area contributed by atoms with Crippen molar-refractivity contribution in [2.75, 3.05) is 19.6 Å². The monoisotopic (exact) mass is 285 g/mol. The van der Waals surface area contributed by atoms with Gasteiger partial charge < -0.3 is 4.90 Å². The van der Waals surface area contributed by atoms with Gasteiger partial charge >= 0.3 is 0 Å². The van der Waals surface area contributed by atoms with Crippen LogP contribution in [0.15, 0.2) is 40.8 Å². The maximum absolute atomic E-state index is 13.0. The molecule has 4 aliphatic rings. The Labute approximate surface area is 123 Å². The van der Waals surface area contributed by atoms with Crippen molar-refractivity contribution in [3.63, 3.8) is 0 Å². The molecule has 3 fully saturated rings. The minimum atomic E-state index is -0.231. The van der Waals surface area contributed by atoms with Crippen molar-refractivity contribution < 1.29 is 9.07 Å². The molecule has 0 amide bonds. The summed E-state index contributed by atoms with van der Waals surface area (Å²) in [5.74, 6) is 1.12. The first-order valence-corrected chi connectivity index (χ1v) is 7.53. The average molecular weight is 285 g/mol. The van der Waals surface area contributed by atoms with Gasteiger partial charge in [-0.05, 0) is 56.1 Å². The first-order chi connectivity index (χ1) is 10.3. The normalized spacial score (nSPS) is 32.7. The molecule has 0 saturated carbocycles. The molecule has 0 radical (unpaired) electrons. The van der Waals surface area contributed by atoms with Gasteiger partial charge in [-0.2, -0.15) is 0 Å². The second-order valence-corrected chi connectivity index (χ2v) is 6.04. The van der Waals surface area contributed by atoms with Crippen LogP contribution in [0.4, 0.5) is 4.39 Å². The van der Waals surface area contributed by atoms with E-state index < -0.39 is 0 Å². The summed E-state index contributed by atoms with van der Waals surface area (Å²) in [6.45, 7) is 3.62. The van der Waals surface area contributed by atoms with Gasteiger partial charge in [0.15, 0.2) is 6.20 Å². The van der Waals surface area contributed by atoms with Crippen molar-refractivity contribution in [3.05, 3.63) is 41.8 Å². The molecule has 4 aliphatic heterocycles. The first-order valence-electron chi connectivity index (χ1n) is 7.53. The number of rotatable bonds is 2. The van der Waals surface area contributed by atoms with Gasteiger partial charge in [0.05, 0.1) is 5.11 Å². The molecule has 1 aromatic carbocycles. The van der Waals surface area contributed by atoms with Crippen LogP contribution in [0, 0.1) is 17.7 Å². The van der Waals surface area contributed by atoms with Gasteiger partial charge in [-0.15, -0.1) is 4.68 Å². The molecule has 4 nitrogen and oxygen atoms in total. The van der Waals surface area contributed by atoms with Crippen molar-refractivity contribution in [2.45, 2.75) is 12.8 Å². The van der Waals surface area contributed by atoms with Crippen LogP contribution in [-0.2, 0) is 0 Å². The number of benzene rings is 1. The van der Waals surface area contributed by atoms with Crippen LogP contribution in [-0.4, -0.2) is 35.4 Å². The lowest BCUT2D eigenvalue weighted by Crippen LogP contribution is -2.48. The van der Waals surface area contributed by atoms with Crippen molar-refractivity contribution in [1.29, 1.82) is 0 Å².